The van der Waals surface area contributed by atoms with Crippen LogP contribution in [-0.4, -0.2) is 37.3 Å². The Morgan fingerprint density at radius 2 is 1.75 bits per heavy atom. The number of aromatic nitrogens is 1. The zero-order chi connectivity index (χ0) is 23.5. The number of nitrogens with one attached hydrogen (secondary N) is 1. The number of hydrogen-bond acceptors (Lipinski definition) is 5. The molecule has 9 heteroatoms. The Morgan fingerprint density at radius 1 is 1.06 bits per heavy atom. The number of halogens is 2. The summed E-state index contributed by atoms with van der Waals surface area (Å²) >= 11 is 0. The standard InChI is InChI=1S/C23H22F2N2O4S/c1-14-3-5-15(6-4-14)17-9-18(11-19(10-17)32(2,30)31)23(29)27-21(13-28)16-7-8-20(22(24)25)26-12-16/h3-12,21-22,28H,13H2,1-2H3,(H,27,29)/t21-/m1/s1. The summed E-state index contributed by atoms with van der Waals surface area (Å²) in [6.45, 7) is 1.42. The van der Waals surface area contributed by atoms with Crippen molar-refractivity contribution in [3.63, 3.8) is 0 Å². The second kappa shape index (κ2) is 9.54. The predicted octanol–water partition coefficient (Wildman–Crippen LogP) is 3.86. The van der Waals surface area contributed by atoms with Gasteiger partial charge in [-0.05, 0) is 47.9 Å². The number of rotatable bonds is 7. The minimum absolute atomic E-state index is 0.0239. The fourth-order valence-electron chi connectivity index (χ4n) is 3.08. The van der Waals surface area contributed by atoms with Crippen LogP contribution in [0.15, 0.2) is 65.7 Å². The van der Waals surface area contributed by atoms with Crippen molar-refractivity contribution in [2.75, 3.05) is 12.9 Å². The maximum absolute atomic E-state index is 12.9. The van der Waals surface area contributed by atoms with Gasteiger partial charge in [0.2, 0.25) is 0 Å². The molecule has 2 N–H and O–H groups in total. The van der Waals surface area contributed by atoms with E-state index in [-0.39, 0.29) is 10.5 Å². The van der Waals surface area contributed by atoms with Gasteiger partial charge in [0.1, 0.15) is 5.69 Å². The van der Waals surface area contributed by atoms with Crippen LogP contribution in [0.5, 0.6) is 0 Å². The minimum Gasteiger partial charge on any atom is -0.394 e. The molecule has 3 aromatic rings. The number of carbonyl (C=O) groups excluding carboxylic acids is 1. The van der Waals surface area contributed by atoms with Crippen molar-refractivity contribution < 1.29 is 27.1 Å². The summed E-state index contributed by atoms with van der Waals surface area (Å²) in [4.78, 5) is 16.5. The third-order valence-electron chi connectivity index (χ3n) is 4.90. The minimum atomic E-state index is -3.61. The first-order valence-electron chi connectivity index (χ1n) is 9.66. The Labute approximate surface area is 184 Å². The molecule has 1 heterocycles. The van der Waals surface area contributed by atoms with Gasteiger partial charge in [-0.2, -0.15) is 0 Å². The fourth-order valence-corrected chi connectivity index (χ4v) is 3.77. The number of aliphatic hydroxyl groups excluding tert-OH is 1. The van der Waals surface area contributed by atoms with E-state index >= 15 is 0 Å². The number of carbonyl (C=O) groups is 1. The molecule has 0 saturated heterocycles. The van der Waals surface area contributed by atoms with Gasteiger partial charge in [0.25, 0.3) is 12.3 Å². The highest BCUT2D eigenvalue weighted by molar-refractivity contribution is 7.90. The van der Waals surface area contributed by atoms with Crippen LogP contribution in [0.3, 0.4) is 0 Å². The zero-order valence-electron chi connectivity index (χ0n) is 17.4. The van der Waals surface area contributed by atoms with E-state index in [1.165, 1.54) is 18.2 Å². The molecule has 1 atom stereocenters. The molecule has 32 heavy (non-hydrogen) atoms. The molecule has 168 valence electrons. The van der Waals surface area contributed by atoms with Gasteiger partial charge in [-0.3, -0.25) is 9.78 Å². The quantitative estimate of drug-likeness (QED) is 0.558. The highest BCUT2D eigenvalue weighted by atomic mass is 32.2. The Kier molecular flexibility index (Phi) is 7.00. The summed E-state index contributed by atoms with van der Waals surface area (Å²) in [5.74, 6) is -0.624. The van der Waals surface area contributed by atoms with Crippen LogP contribution in [0.2, 0.25) is 0 Å². The average Bonchev–Trinajstić information content (AvgIpc) is 2.77. The van der Waals surface area contributed by atoms with Crippen LogP contribution in [0.1, 0.15) is 39.6 Å². The van der Waals surface area contributed by atoms with E-state index in [9.17, 15) is 27.1 Å². The number of amides is 1. The van der Waals surface area contributed by atoms with E-state index in [4.69, 9.17) is 0 Å². The van der Waals surface area contributed by atoms with Crippen molar-refractivity contribution in [2.45, 2.75) is 24.3 Å². The molecule has 0 aliphatic rings. The fraction of sp³-hybridized carbons (Fsp3) is 0.217. The monoisotopic (exact) mass is 460 g/mol. The SMILES string of the molecule is Cc1ccc(-c2cc(C(=O)N[C@H](CO)c3ccc(C(F)F)nc3)cc(S(C)(=O)=O)c2)cc1. The molecule has 3 rings (SSSR count). The average molecular weight is 461 g/mol. The van der Waals surface area contributed by atoms with Gasteiger partial charge in [0, 0.05) is 18.0 Å². The highest BCUT2D eigenvalue weighted by Crippen LogP contribution is 2.26. The Balaban J connectivity index is 1.95. The van der Waals surface area contributed by atoms with Crippen LogP contribution < -0.4 is 5.32 Å². The van der Waals surface area contributed by atoms with Crippen LogP contribution in [0.25, 0.3) is 11.1 Å². The number of benzene rings is 2. The molecule has 0 radical (unpaired) electrons. The van der Waals surface area contributed by atoms with Crippen molar-refractivity contribution in [1.82, 2.24) is 10.3 Å². The van der Waals surface area contributed by atoms with Gasteiger partial charge >= 0.3 is 0 Å². The van der Waals surface area contributed by atoms with E-state index < -0.39 is 40.5 Å². The predicted molar refractivity (Wildman–Crippen MR) is 116 cm³/mol. The van der Waals surface area contributed by atoms with E-state index in [0.717, 1.165) is 29.6 Å². The summed E-state index contributed by atoms with van der Waals surface area (Å²) in [6, 6.07) is 13.3. The third-order valence-corrected chi connectivity index (χ3v) is 6.00. The maximum Gasteiger partial charge on any atom is 0.280 e. The molecule has 0 spiro atoms. The lowest BCUT2D eigenvalue weighted by Crippen LogP contribution is -2.31. The number of aliphatic hydroxyl groups is 1. The Bertz CT molecular complexity index is 1210. The smallest absolute Gasteiger partial charge is 0.280 e. The van der Waals surface area contributed by atoms with Crippen LogP contribution in [-0.2, 0) is 9.84 Å². The van der Waals surface area contributed by atoms with Gasteiger partial charge in [0.05, 0.1) is 17.5 Å². The van der Waals surface area contributed by atoms with Crippen molar-refractivity contribution in [3.05, 3.63) is 83.2 Å². The van der Waals surface area contributed by atoms with Gasteiger partial charge in [0.15, 0.2) is 9.84 Å². The van der Waals surface area contributed by atoms with Crippen molar-refractivity contribution >= 4 is 15.7 Å². The number of sulfone groups is 1. The lowest BCUT2D eigenvalue weighted by atomic mass is 10.0. The van der Waals surface area contributed by atoms with E-state index in [1.54, 1.807) is 6.07 Å². The van der Waals surface area contributed by atoms with E-state index in [2.05, 4.69) is 10.3 Å². The third kappa shape index (κ3) is 5.54. The summed E-state index contributed by atoms with van der Waals surface area (Å²) < 4.78 is 49.8. The molecule has 1 amide bonds. The molecule has 0 aliphatic carbocycles. The van der Waals surface area contributed by atoms with Crippen LogP contribution in [0, 0.1) is 6.92 Å². The highest BCUT2D eigenvalue weighted by Gasteiger charge is 2.20. The number of aryl methyl sites for hydroxylation is 1. The largest absolute Gasteiger partial charge is 0.394 e. The van der Waals surface area contributed by atoms with Crippen LogP contribution in [0.4, 0.5) is 8.78 Å². The summed E-state index contributed by atoms with van der Waals surface area (Å²) in [5.41, 5.74) is 2.31. The molecule has 0 fully saturated rings. The molecule has 0 unspecified atom stereocenters. The molecule has 0 aliphatic heterocycles. The number of alkyl halides is 2. The number of nitrogens with zero attached hydrogens (tertiary/aromatic N) is 1. The maximum atomic E-state index is 12.9. The molecular formula is C23H22F2N2O4S. The molecule has 0 saturated carbocycles. The van der Waals surface area contributed by atoms with Gasteiger partial charge in [-0.1, -0.05) is 35.9 Å². The van der Waals surface area contributed by atoms with Crippen molar-refractivity contribution in [1.29, 1.82) is 0 Å². The van der Waals surface area contributed by atoms with Crippen molar-refractivity contribution in [3.8, 4) is 11.1 Å². The summed E-state index contributed by atoms with van der Waals surface area (Å²) in [7, 11) is -3.61. The van der Waals surface area contributed by atoms with Gasteiger partial charge < -0.3 is 10.4 Å². The number of hydrogen-bond donors (Lipinski definition) is 2. The molecule has 2 aromatic carbocycles. The zero-order valence-corrected chi connectivity index (χ0v) is 18.2. The summed E-state index contributed by atoms with van der Waals surface area (Å²) in [6.07, 6.45) is -0.520. The summed E-state index contributed by atoms with van der Waals surface area (Å²) in [5, 5.41) is 12.3. The lowest BCUT2D eigenvalue weighted by Gasteiger charge is -2.17. The van der Waals surface area contributed by atoms with Gasteiger partial charge in [-0.15, -0.1) is 0 Å². The Morgan fingerprint density at radius 3 is 2.28 bits per heavy atom. The van der Waals surface area contributed by atoms with Crippen molar-refractivity contribution in [2.24, 2.45) is 0 Å². The normalized spacial score (nSPS) is 12.6. The molecule has 1 aromatic heterocycles. The second-order valence-corrected chi connectivity index (χ2v) is 9.43. The molecular weight excluding hydrogens is 438 g/mol. The second-order valence-electron chi connectivity index (χ2n) is 7.41. The Hall–Kier alpha value is -3.17. The first kappa shape index (κ1) is 23.5. The topological polar surface area (TPSA) is 96.4 Å². The lowest BCUT2D eigenvalue weighted by molar-refractivity contribution is 0.0915. The number of pyridine rings is 1. The van der Waals surface area contributed by atoms with Gasteiger partial charge in [-0.25, -0.2) is 17.2 Å². The molecule has 6 nitrogen and oxygen atoms in total. The van der Waals surface area contributed by atoms with Crippen LogP contribution >= 0.6 is 0 Å². The van der Waals surface area contributed by atoms with E-state index in [0.29, 0.717) is 11.1 Å². The first-order chi connectivity index (χ1) is 15.1. The molecule has 0 bridgehead atoms. The first-order valence-corrected chi connectivity index (χ1v) is 11.6. The van der Waals surface area contributed by atoms with E-state index in [1.807, 2.05) is 31.2 Å².